The second-order valence-electron chi connectivity index (χ2n) is 14.0. The summed E-state index contributed by atoms with van der Waals surface area (Å²) in [4.78, 5) is 12.7. The molecule has 0 amide bonds. The number of ether oxygens (including phenoxy) is 3. The van der Waals surface area contributed by atoms with Crippen molar-refractivity contribution in [2.24, 2.45) is 34.0 Å². The number of hydrogen-bond donors (Lipinski definition) is 0. The number of esters is 1. The summed E-state index contributed by atoms with van der Waals surface area (Å²) in [6.45, 7) is 27.9. The van der Waals surface area contributed by atoms with E-state index in [1.165, 1.54) is 0 Å². The third-order valence-electron chi connectivity index (χ3n) is 6.31. The zero-order chi connectivity index (χ0) is 27.1. The highest BCUT2D eigenvalue weighted by Crippen LogP contribution is 2.40. The summed E-state index contributed by atoms with van der Waals surface area (Å²) in [6, 6.07) is 0. The Balaban J connectivity index is 5.81. The summed E-state index contributed by atoms with van der Waals surface area (Å²) in [6.07, 6.45) is 2.34. The van der Waals surface area contributed by atoms with Gasteiger partial charge in [0.1, 0.15) is 0 Å². The van der Waals surface area contributed by atoms with Gasteiger partial charge in [-0.1, -0.05) is 55.4 Å². The Morgan fingerprint density at radius 1 is 0.824 bits per heavy atom. The maximum absolute atomic E-state index is 12.7. The molecule has 0 saturated carbocycles. The third kappa shape index (κ3) is 12.5. The first-order valence-corrected chi connectivity index (χ1v) is 15.9. The summed E-state index contributed by atoms with van der Waals surface area (Å²) < 4.78 is 24.4. The molecule has 6 heteroatoms. The van der Waals surface area contributed by atoms with Crippen LogP contribution in [-0.4, -0.2) is 47.7 Å². The standard InChI is InChI=1S/C28H58O5Si/c1-19(18-26(3,4)5)16-21(30-12)23(27(6,7)8)22(31-13)17-20(2)24(33-34(14)15)32-25(29)28(9,10)11/h19-24,34H,16-18H2,1-15H3. The van der Waals surface area contributed by atoms with E-state index in [0.29, 0.717) is 5.92 Å². The van der Waals surface area contributed by atoms with Gasteiger partial charge in [0.05, 0.1) is 17.6 Å². The van der Waals surface area contributed by atoms with Gasteiger partial charge in [-0.05, 0) is 69.9 Å². The molecule has 0 aliphatic carbocycles. The van der Waals surface area contributed by atoms with Crippen molar-refractivity contribution in [3.63, 3.8) is 0 Å². The van der Waals surface area contributed by atoms with E-state index in [2.05, 4.69) is 68.5 Å². The Morgan fingerprint density at radius 2 is 1.29 bits per heavy atom. The second-order valence-corrected chi connectivity index (χ2v) is 16.3. The smallest absolute Gasteiger partial charge is 0.313 e. The quantitative estimate of drug-likeness (QED) is 0.153. The predicted molar refractivity (Wildman–Crippen MR) is 145 cm³/mol. The Labute approximate surface area is 213 Å². The van der Waals surface area contributed by atoms with Gasteiger partial charge < -0.3 is 18.6 Å². The van der Waals surface area contributed by atoms with Crippen LogP contribution in [0.5, 0.6) is 0 Å². The first kappa shape index (κ1) is 33.6. The van der Waals surface area contributed by atoms with Crippen LogP contribution in [0.4, 0.5) is 0 Å². The van der Waals surface area contributed by atoms with Crippen LogP contribution in [0, 0.1) is 34.0 Å². The number of hydrogen-bond acceptors (Lipinski definition) is 5. The Bertz CT molecular complexity index is 585. The van der Waals surface area contributed by atoms with E-state index in [0.717, 1.165) is 19.3 Å². The highest BCUT2D eigenvalue weighted by Gasteiger charge is 2.41. The van der Waals surface area contributed by atoms with E-state index in [-0.39, 0.29) is 40.8 Å². The van der Waals surface area contributed by atoms with Crippen molar-refractivity contribution in [3.05, 3.63) is 0 Å². The molecule has 0 aliphatic heterocycles. The largest absolute Gasteiger partial charge is 0.436 e. The zero-order valence-corrected chi connectivity index (χ0v) is 26.4. The molecule has 0 aromatic heterocycles. The molecule has 6 atom stereocenters. The average molecular weight is 503 g/mol. The number of rotatable bonds is 13. The topological polar surface area (TPSA) is 54.0 Å². The molecule has 0 aliphatic rings. The number of carbonyl (C=O) groups excluding carboxylic acids is 1. The normalized spacial score (nSPS) is 18.8. The molecule has 34 heavy (non-hydrogen) atoms. The lowest BCUT2D eigenvalue weighted by Crippen LogP contribution is -2.46. The third-order valence-corrected chi connectivity index (χ3v) is 7.13. The van der Waals surface area contributed by atoms with Crippen molar-refractivity contribution >= 4 is 15.0 Å². The van der Waals surface area contributed by atoms with E-state index in [1.807, 2.05) is 27.9 Å². The van der Waals surface area contributed by atoms with Crippen molar-refractivity contribution in [1.82, 2.24) is 0 Å². The molecule has 204 valence electrons. The van der Waals surface area contributed by atoms with Gasteiger partial charge in [-0.2, -0.15) is 0 Å². The van der Waals surface area contributed by atoms with Crippen LogP contribution < -0.4 is 0 Å². The molecule has 0 fully saturated rings. The summed E-state index contributed by atoms with van der Waals surface area (Å²) in [7, 11) is 2.19. The molecular formula is C28H58O5Si. The fraction of sp³-hybridized carbons (Fsp3) is 0.964. The first-order chi connectivity index (χ1) is 15.2. The lowest BCUT2D eigenvalue weighted by atomic mass is 9.69. The molecule has 0 rings (SSSR count). The summed E-state index contributed by atoms with van der Waals surface area (Å²) in [5, 5.41) is 0. The van der Waals surface area contributed by atoms with Crippen LogP contribution in [0.3, 0.4) is 0 Å². The van der Waals surface area contributed by atoms with E-state index in [9.17, 15) is 4.79 Å². The fourth-order valence-electron chi connectivity index (χ4n) is 4.97. The highest BCUT2D eigenvalue weighted by molar-refractivity contribution is 6.48. The lowest BCUT2D eigenvalue weighted by molar-refractivity contribution is -0.184. The molecular weight excluding hydrogens is 444 g/mol. The van der Waals surface area contributed by atoms with Crippen molar-refractivity contribution < 1.29 is 23.4 Å². The van der Waals surface area contributed by atoms with Gasteiger partial charge in [0.25, 0.3) is 0 Å². The maximum Gasteiger partial charge on any atom is 0.313 e. The van der Waals surface area contributed by atoms with Gasteiger partial charge in [0.2, 0.25) is 0 Å². The molecule has 5 nitrogen and oxygen atoms in total. The minimum absolute atomic E-state index is 0.000467. The van der Waals surface area contributed by atoms with E-state index < -0.39 is 20.7 Å². The molecule has 0 aromatic rings. The highest BCUT2D eigenvalue weighted by atomic mass is 28.3. The molecule has 0 heterocycles. The van der Waals surface area contributed by atoms with Crippen LogP contribution in [0.2, 0.25) is 13.1 Å². The van der Waals surface area contributed by atoms with Crippen LogP contribution in [-0.2, 0) is 23.4 Å². The Kier molecular flexibility index (Phi) is 13.6. The first-order valence-electron chi connectivity index (χ1n) is 13.1. The average Bonchev–Trinajstić information content (AvgIpc) is 2.61. The van der Waals surface area contributed by atoms with Crippen LogP contribution >= 0.6 is 0 Å². The zero-order valence-electron chi connectivity index (χ0n) is 25.2. The minimum Gasteiger partial charge on any atom is -0.436 e. The molecule has 0 spiro atoms. The van der Waals surface area contributed by atoms with Crippen molar-refractivity contribution in [2.45, 2.75) is 127 Å². The van der Waals surface area contributed by atoms with Crippen molar-refractivity contribution in [2.75, 3.05) is 14.2 Å². The van der Waals surface area contributed by atoms with Gasteiger partial charge in [-0.25, -0.2) is 0 Å². The van der Waals surface area contributed by atoms with Gasteiger partial charge in [0.15, 0.2) is 15.3 Å². The summed E-state index contributed by atoms with van der Waals surface area (Å²) in [5.74, 6) is 0.495. The lowest BCUT2D eigenvalue weighted by Gasteiger charge is -2.43. The van der Waals surface area contributed by atoms with Crippen molar-refractivity contribution in [1.29, 1.82) is 0 Å². The van der Waals surface area contributed by atoms with E-state index >= 15 is 0 Å². The monoisotopic (exact) mass is 502 g/mol. The number of carbonyl (C=O) groups is 1. The van der Waals surface area contributed by atoms with Gasteiger partial charge >= 0.3 is 5.97 Å². The summed E-state index contributed by atoms with van der Waals surface area (Å²) in [5.41, 5.74) is -0.307. The SMILES string of the molecule is COC(CC(C)CC(C)(C)C)C(C(CC(C)C(OC(=O)C(C)(C)C)O[SiH](C)C)OC)C(C)(C)C. The minimum atomic E-state index is -1.42. The summed E-state index contributed by atoms with van der Waals surface area (Å²) >= 11 is 0. The molecule has 0 radical (unpaired) electrons. The van der Waals surface area contributed by atoms with Crippen molar-refractivity contribution in [3.8, 4) is 0 Å². The van der Waals surface area contributed by atoms with E-state index in [1.54, 1.807) is 7.11 Å². The van der Waals surface area contributed by atoms with Crippen LogP contribution in [0.25, 0.3) is 0 Å². The van der Waals surface area contributed by atoms with E-state index in [4.69, 9.17) is 18.6 Å². The van der Waals surface area contributed by atoms with Gasteiger partial charge in [-0.3, -0.25) is 4.79 Å². The molecule has 0 aromatic carbocycles. The maximum atomic E-state index is 12.7. The van der Waals surface area contributed by atoms with Gasteiger partial charge in [0, 0.05) is 26.1 Å². The Morgan fingerprint density at radius 3 is 1.65 bits per heavy atom. The fourth-order valence-corrected chi connectivity index (χ4v) is 5.83. The Hall–Kier alpha value is -0.433. The molecule has 6 unspecified atom stereocenters. The van der Waals surface area contributed by atoms with Gasteiger partial charge in [-0.15, -0.1) is 0 Å². The molecule has 0 bridgehead atoms. The molecule has 0 saturated heterocycles. The predicted octanol–water partition coefficient (Wildman–Crippen LogP) is 7.08. The number of methoxy groups -OCH3 is 2. The van der Waals surface area contributed by atoms with Crippen LogP contribution in [0.1, 0.15) is 95.4 Å². The molecule has 0 N–H and O–H groups in total. The second kappa shape index (κ2) is 13.8. The van der Waals surface area contributed by atoms with Crippen LogP contribution in [0.15, 0.2) is 0 Å².